The van der Waals surface area contributed by atoms with E-state index >= 15 is 0 Å². The standard InChI is InChI=1S/C16H29N3O2/c1-17-16(12-4-5-12,15(20)21-3)11-19-9-8-13-6-7-14(10-19)18(13)2/h12-14,17H,4-11H2,1-3H3. The molecule has 0 spiro atoms. The van der Waals surface area contributed by atoms with Gasteiger partial charge in [0.1, 0.15) is 5.54 Å². The smallest absolute Gasteiger partial charge is 0.327 e. The van der Waals surface area contributed by atoms with E-state index in [2.05, 4.69) is 22.2 Å². The van der Waals surface area contributed by atoms with E-state index < -0.39 is 5.54 Å². The normalized spacial score (nSPS) is 33.5. The van der Waals surface area contributed by atoms with E-state index in [4.69, 9.17) is 4.74 Å². The van der Waals surface area contributed by atoms with Crippen molar-refractivity contribution in [3.05, 3.63) is 0 Å². The number of methoxy groups -OCH3 is 1. The highest BCUT2D eigenvalue weighted by Crippen LogP contribution is 2.41. The van der Waals surface area contributed by atoms with Gasteiger partial charge in [0, 0.05) is 25.2 Å². The molecule has 21 heavy (non-hydrogen) atoms. The van der Waals surface area contributed by atoms with Crippen molar-refractivity contribution in [1.29, 1.82) is 0 Å². The number of carbonyl (C=O) groups is 1. The minimum Gasteiger partial charge on any atom is -0.468 e. The van der Waals surface area contributed by atoms with Crippen LogP contribution in [-0.4, -0.2) is 74.2 Å². The highest BCUT2D eigenvalue weighted by atomic mass is 16.5. The van der Waals surface area contributed by atoms with Gasteiger partial charge in [0.25, 0.3) is 0 Å². The topological polar surface area (TPSA) is 44.8 Å². The Kier molecular flexibility index (Phi) is 4.26. The van der Waals surface area contributed by atoms with Gasteiger partial charge in [-0.1, -0.05) is 0 Å². The Morgan fingerprint density at radius 2 is 1.95 bits per heavy atom. The van der Waals surface area contributed by atoms with Gasteiger partial charge in [0.05, 0.1) is 7.11 Å². The second kappa shape index (κ2) is 5.86. The number of fused-ring (bicyclic) bond motifs is 2. The number of nitrogens with zero attached hydrogens (tertiary/aromatic N) is 2. The van der Waals surface area contributed by atoms with Gasteiger partial charge in [0.15, 0.2) is 0 Å². The number of hydrogen-bond donors (Lipinski definition) is 1. The number of carbonyl (C=O) groups excluding carboxylic acids is 1. The van der Waals surface area contributed by atoms with Gasteiger partial charge in [-0.3, -0.25) is 9.80 Å². The van der Waals surface area contributed by atoms with Crippen molar-refractivity contribution >= 4 is 5.97 Å². The zero-order valence-electron chi connectivity index (χ0n) is 13.6. The van der Waals surface area contributed by atoms with Crippen LogP contribution in [0.5, 0.6) is 0 Å². The van der Waals surface area contributed by atoms with Gasteiger partial charge in [-0.2, -0.15) is 0 Å². The van der Waals surface area contributed by atoms with Crippen molar-refractivity contribution < 1.29 is 9.53 Å². The van der Waals surface area contributed by atoms with Crippen LogP contribution in [0, 0.1) is 5.92 Å². The SMILES string of the molecule is CNC(CN1CCC2CCC(C1)N2C)(C(=O)OC)C1CC1. The minimum absolute atomic E-state index is 0.0877. The lowest BCUT2D eigenvalue weighted by Gasteiger charge is -2.37. The molecule has 0 aromatic heterocycles. The first-order valence-electron chi connectivity index (χ1n) is 8.32. The molecule has 2 saturated heterocycles. The van der Waals surface area contributed by atoms with E-state index in [1.54, 1.807) is 0 Å². The van der Waals surface area contributed by atoms with Crippen LogP contribution in [0.3, 0.4) is 0 Å². The number of esters is 1. The molecule has 3 aliphatic rings. The minimum atomic E-state index is -0.503. The Labute approximate surface area is 128 Å². The summed E-state index contributed by atoms with van der Waals surface area (Å²) in [6, 6.07) is 1.40. The van der Waals surface area contributed by atoms with E-state index in [0.29, 0.717) is 12.0 Å². The molecule has 0 amide bonds. The number of rotatable bonds is 5. The molecule has 0 aromatic carbocycles. The number of ether oxygens (including phenoxy) is 1. The molecule has 120 valence electrons. The number of likely N-dealkylation sites (N-methyl/N-ethyl adjacent to an activating group) is 2. The number of hydrogen-bond acceptors (Lipinski definition) is 5. The molecule has 5 heteroatoms. The molecule has 0 radical (unpaired) electrons. The summed E-state index contributed by atoms with van der Waals surface area (Å²) < 4.78 is 5.13. The molecular formula is C16H29N3O2. The first kappa shape index (κ1) is 15.3. The highest BCUT2D eigenvalue weighted by Gasteiger charge is 2.52. The van der Waals surface area contributed by atoms with Crippen LogP contribution < -0.4 is 5.32 Å². The Morgan fingerprint density at radius 3 is 2.57 bits per heavy atom. The molecule has 1 saturated carbocycles. The zero-order chi connectivity index (χ0) is 15.0. The largest absolute Gasteiger partial charge is 0.468 e. The maximum atomic E-state index is 12.4. The molecule has 3 rings (SSSR count). The van der Waals surface area contributed by atoms with Gasteiger partial charge in [-0.05, 0) is 58.7 Å². The summed E-state index contributed by atoms with van der Waals surface area (Å²) >= 11 is 0. The summed E-state index contributed by atoms with van der Waals surface area (Å²) in [4.78, 5) is 17.5. The van der Waals surface area contributed by atoms with Crippen LogP contribution in [0.25, 0.3) is 0 Å². The summed E-state index contributed by atoms with van der Waals surface area (Å²) in [7, 11) is 5.68. The highest BCUT2D eigenvalue weighted by molar-refractivity contribution is 5.82. The Bertz CT molecular complexity index is 399. The van der Waals surface area contributed by atoms with Crippen molar-refractivity contribution in [2.45, 2.75) is 49.7 Å². The summed E-state index contributed by atoms with van der Waals surface area (Å²) in [6.45, 7) is 2.97. The summed E-state index contributed by atoms with van der Waals surface area (Å²) in [5, 5.41) is 3.32. The number of likely N-dealkylation sites (tertiary alicyclic amines) is 1. The fourth-order valence-corrected chi connectivity index (χ4v) is 4.38. The van der Waals surface area contributed by atoms with Crippen molar-refractivity contribution in [3.63, 3.8) is 0 Å². The summed E-state index contributed by atoms with van der Waals surface area (Å²) in [5.74, 6) is 0.350. The molecule has 0 aromatic rings. The van der Waals surface area contributed by atoms with Crippen LogP contribution in [0.2, 0.25) is 0 Å². The van der Waals surface area contributed by atoms with Crippen LogP contribution in [-0.2, 0) is 9.53 Å². The third kappa shape index (κ3) is 2.71. The average molecular weight is 295 g/mol. The van der Waals surface area contributed by atoms with Crippen molar-refractivity contribution in [2.24, 2.45) is 5.92 Å². The maximum Gasteiger partial charge on any atom is 0.327 e. The van der Waals surface area contributed by atoms with Crippen LogP contribution in [0.15, 0.2) is 0 Å². The van der Waals surface area contributed by atoms with Crippen LogP contribution in [0.1, 0.15) is 32.1 Å². The fourth-order valence-electron chi connectivity index (χ4n) is 4.38. The Balaban J connectivity index is 1.72. The maximum absolute atomic E-state index is 12.4. The zero-order valence-corrected chi connectivity index (χ0v) is 13.6. The summed E-state index contributed by atoms with van der Waals surface area (Å²) in [6.07, 6.45) is 6.13. The Hall–Kier alpha value is -0.650. The van der Waals surface area contributed by atoms with E-state index in [9.17, 15) is 4.79 Å². The van der Waals surface area contributed by atoms with Gasteiger partial charge in [0.2, 0.25) is 0 Å². The quantitative estimate of drug-likeness (QED) is 0.756. The molecule has 3 unspecified atom stereocenters. The molecule has 1 N–H and O–H groups in total. The van der Waals surface area contributed by atoms with Crippen molar-refractivity contribution in [2.75, 3.05) is 40.8 Å². The molecular weight excluding hydrogens is 266 g/mol. The lowest BCUT2D eigenvalue weighted by Crippen LogP contribution is -2.60. The first-order valence-corrected chi connectivity index (χ1v) is 8.32. The van der Waals surface area contributed by atoms with Crippen LogP contribution in [0.4, 0.5) is 0 Å². The summed E-state index contributed by atoms with van der Waals surface area (Å²) in [5.41, 5.74) is -0.503. The first-order chi connectivity index (χ1) is 10.1. The van der Waals surface area contributed by atoms with E-state index in [1.807, 2.05) is 7.05 Å². The van der Waals surface area contributed by atoms with Gasteiger partial charge in [-0.25, -0.2) is 4.79 Å². The lowest BCUT2D eigenvalue weighted by atomic mass is 9.91. The predicted molar refractivity (Wildman–Crippen MR) is 82.2 cm³/mol. The third-order valence-corrected chi connectivity index (χ3v) is 5.98. The van der Waals surface area contributed by atoms with Gasteiger partial charge >= 0.3 is 5.97 Å². The molecule has 1 aliphatic carbocycles. The third-order valence-electron chi connectivity index (χ3n) is 5.98. The molecule has 2 bridgehead atoms. The number of nitrogens with one attached hydrogen (secondary N) is 1. The van der Waals surface area contributed by atoms with Gasteiger partial charge < -0.3 is 10.1 Å². The molecule has 5 nitrogen and oxygen atoms in total. The lowest BCUT2D eigenvalue weighted by molar-refractivity contribution is -0.150. The second-order valence-electron chi connectivity index (χ2n) is 7.06. The average Bonchev–Trinajstić information content (AvgIpc) is 3.27. The van der Waals surface area contributed by atoms with Crippen LogP contribution >= 0.6 is 0 Å². The van der Waals surface area contributed by atoms with Crippen molar-refractivity contribution in [3.8, 4) is 0 Å². The van der Waals surface area contributed by atoms with E-state index in [0.717, 1.165) is 38.5 Å². The van der Waals surface area contributed by atoms with E-state index in [-0.39, 0.29) is 5.97 Å². The molecule has 3 fully saturated rings. The molecule has 2 heterocycles. The van der Waals surface area contributed by atoms with E-state index in [1.165, 1.54) is 26.4 Å². The van der Waals surface area contributed by atoms with Crippen molar-refractivity contribution in [1.82, 2.24) is 15.1 Å². The molecule has 3 atom stereocenters. The Morgan fingerprint density at radius 1 is 1.24 bits per heavy atom. The fraction of sp³-hybridized carbons (Fsp3) is 0.938. The monoisotopic (exact) mass is 295 g/mol. The molecule has 2 aliphatic heterocycles. The van der Waals surface area contributed by atoms with Gasteiger partial charge in [-0.15, -0.1) is 0 Å². The predicted octanol–water partition coefficient (Wildman–Crippen LogP) is 0.696. The second-order valence-corrected chi connectivity index (χ2v) is 7.06.